The minimum atomic E-state index is -4.67. The topological polar surface area (TPSA) is 69.7 Å². The van der Waals surface area contributed by atoms with Crippen LogP contribution in [0.25, 0.3) is 0 Å². The number of carbonyl (C=O) groups excluding carboxylic acids is 1. The number of nitrogens with one attached hydrogen (secondary N) is 1. The van der Waals surface area contributed by atoms with Gasteiger partial charge in [-0.3, -0.25) is 4.79 Å². The minimum absolute atomic E-state index is 0.415. The molecule has 0 atom stereocenters. The van der Waals surface area contributed by atoms with Crippen LogP contribution in [0.2, 0.25) is 0 Å². The molecule has 6 nitrogen and oxygen atoms in total. The van der Waals surface area contributed by atoms with Crippen molar-refractivity contribution >= 4 is 27.1 Å². The normalized spacial score (nSPS) is 19.5. The standard InChI is InChI=1S/C19H26F3N3O3S/c1-24-8-10-25(11-9-24)14-6-7-17(16(12-14)19(20,21)22)23-18(26)13-29(27,28)15-4-2-3-5-15/h6-7,12,15H,2-5,8-11,13H2,1H3,(H,23,26). The lowest BCUT2D eigenvalue weighted by Crippen LogP contribution is -2.44. The first-order chi connectivity index (χ1) is 13.6. The van der Waals surface area contributed by atoms with Gasteiger partial charge in [-0.25, -0.2) is 8.42 Å². The maximum Gasteiger partial charge on any atom is 0.418 e. The number of nitrogens with zero attached hydrogens (tertiary/aromatic N) is 2. The Hall–Kier alpha value is -1.81. The molecule has 2 fully saturated rings. The molecule has 1 aromatic carbocycles. The zero-order valence-electron chi connectivity index (χ0n) is 16.3. The highest BCUT2D eigenvalue weighted by molar-refractivity contribution is 7.92. The molecule has 1 saturated heterocycles. The number of sulfone groups is 1. The van der Waals surface area contributed by atoms with E-state index in [1.807, 2.05) is 11.9 Å². The van der Waals surface area contributed by atoms with E-state index in [4.69, 9.17) is 0 Å². The van der Waals surface area contributed by atoms with E-state index in [0.29, 0.717) is 31.6 Å². The number of piperazine rings is 1. The summed E-state index contributed by atoms with van der Waals surface area (Å²) < 4.78 is 65.4. The maximum atomic E-state index is 13.6. The molecule has 162 valence electrons. The Morgan fingerprint density at radius 1 is 1.14 bits per heavy atom. The number of rotatable bonds is 5. The third-order valence-electron chi connectivity index (χ3n) is 5.59. The van der Waals surface area contributed by atoms with Crippen LogP contribution >= 0.6 is 0 Å². The van der Waals surface area contributed by atoms with Crippen molar-refractivity contribution < 1.29 is 26.4 Å². The summed E-state index contributed by atoms with van der Waals surface area (Å²) in [5.74, 6) is -1.73. The van der Waals surface area contributed by atoms with Crippen LogP contribution in [0.1, 0.15) is 31.2 Å². The summed E-state index contributed by atoms with van der Waals surface area (Å²) in [7, 11) is -1.71. The van der Waals surface area contributed by atoms with Crippen molar-refractivity contribution in [2.75, 3.05) is 49.2 Å². The summed E-state index contributed by atoms with van der Waals surface area (Å²) in [6.45, 7) is 2.72. The first-order valence-corrected chi connectivity index (χ1v) is 11.4. The smallest absolute Gasteiger partial charge is 0.369 e. The van der Waals surface area contributed by atoms with E-state index in [9.17, 15) is 26.4 Å². The van der Waals surface area contributed by atoms with Crippen LogP contribution < -0.4 is 10.2 Å². The van der Waals surface area contributed by atoms with Crippen LogP contribution in [-0.4, -0.2) is 63.5 Å². The van der Waals surface area contributed by atoms with Gasteiger partial charge in [0.15, 0.2) is 9.84 Å². The Balaban J connectivity index is 1.76. The molecule has 1 aliphatic heterocycles. The quantitative estimate of drug-likeness (QED) is 0.773. The molecule has 3 rings (SSSR count). The first-order valence-electron chi connectivity index (χ1n) is 9.72. The molecular weight excluding hydrogens is 407 g/mol. The fraction of sp³-hybridized carbons (Fsp3) is 0.632. The number of amides is 1. The summed E-state index contributed by atoms with van der Waals surface area (Å²) >= 11 is 0. The number of anilines is 2. The molecule has 29 heavy (non-hydrogen) atoms. The molecule has 1 amide bonds. The van der Waals surface area contributed by atoms with Crippen molar-refractivity contribution in [2.24, 2.45) is 0 Å². The first kappa shape index (κ1) is 21.9. The zero-order chi connectivity index (χ0) is 21.2. The van der Waals surface area contributed by atoms with Crippen LogP contribution in [0.5, 0.6) is 0 Å². The second kappa shape index (κ2) is 8.51. The molecule has 1 aromatic rings. The number of benzene rings is 1. The second-order valence-corrected chi connectivity index (χ2v) is 10.1. The van der Waals surface area contributed by atoms with E-state index >= 15 is 0 Å². The van der Waals surface area contributed by atoms with E-state index in [0.717, 1.165) is 32.0 Å². The molecule has 1 N–H and O–H groups in total. The van der Waals surface area contributed by atoms with E-state index in [1.165, 1.54) is 12.1 Å². The molecule has 0 aromatic heterocycles. The summed E-state index contributed by atoms with van der Waals surface area (Å²) in [4.78, 5) is 16.2. The minimum Gasteiger partial charge on any atom is -0.369 e. The van der Waals surface area contributed by atoms with Gasteiger partial charge in [-0.05, 0) is 38.1 Å². The molecule has 2 aliphatic rings. The molecule has 0 radical (unpaired) electrons. The fourth-order valence-corrected chi connectivity index (χ4v) is 5.60. The van der Waals surface area contributed by atoms with Gasteiger partial charge in [-0.2, -0.15) is 13.2 Å². The third kappa shape index (κ3) is 5.42. The zero-order valence-corrected chi connectivity index (χ0v) is 17.2. The highest BCUT2D eigenvalue weighted by Crippen LogP contribution is 2.37. The SMILES string of the molecule is CN1CCN(c2ccc(NC(=O)CS(=O)(=O)C3CCCC3)c(C(F)(F)F)c2)CC1. The summed E-state index contributed by atoms with van der Waals surface area (Å²) in [5.41, 5.74) is -0.954. The summed E-state index contributed by atoms with van der Waals surface area (Å²) in [6.07, 6.45) is -2.09. The summed E-state index contributed by atoms with van der Waals surface area (Å²) in [6, 6.07) is 3.75. The molecule has 0 bridgehead atoms. The van der Waals surface area contributed by atoms with Crippen molar-refractivity contribution in [1.82, 2.24) is 4.90 Å². The van der Waals surface area contributed by atoms with Gasteiger partial charge in [0.05, 0.1) is 16.5 Å². The molecule has 10 heteroatoms. The second-order valence-electron chi connectivity index (χ2n) is 7.78. The largest absolute Gasteiger partial charge is 0.418 e. The van der Waals surface area contributed by atoms with Crippen molar-refractivity contribution in [3.63, 3.8) is 0 Å². The number of hydrogen-bond acceptors (Lipinski definition) is 5. The van der Waals surface area contributed by atoms with Crippen LogP contribution in [0.3, 0.4) is 0 Å². The molecular formula is C19H26F3N3O3S. The van der Waals surface area contributed by atoms with Gasteiger partial charge in [-0.15, -0.1) is 0 Å². The third-order valence-corrected chi connectivity index (χ3v) is 7.75. The Morgan fingerprint density at radius 2 is 1.76 bits per heavy atom. The van der Waals surface area contributed by atoms with E-state index in [-0.39, 0.29) is 0 Å². The Bertz CT molecular complexity index is 844. The van der Waals surface area contributed by atoms with Gasteiger partial charge < -0.3 is 15.1 Å². The Labute approximate surface area is 169 Å². The van der Waals surface area contributed by atoms with Gasteiger partial charge in [0.25, 0.3) is 0 Å². The average molecular weight is 433 g/mol. The lowest BCUT2D eigenvalue weighted by molar-refractivity contribution is -0.136. The van der Waals surface area contributed by atoms with Crippen LogP contribution in [0.15, 0.2) is 18.2 Å². The van der Waals surface area contributed by atoms with Gasteiger partial charge in [0.2, 0.25) is 5.91 Å². The number of likely N-dealkylation sites (N-methyl/N-ethyl adjacent to an activating group) is 1. The van der Waals surface area contributed by atoms with Gasteiger partial charge in [0, 0.05) is 31.9 Å². The van der Waals surface area contributed by atoms with E-state index in [2.05, 4.69) is 10.2 Å². The predicted molar refractivity (Wildman–Crippen MR) is 106 cm³/mol. The summed E-state index contributed by atoms with van der Waals surface area (Å²) in [5, 5.41) is 1.59. The lowest BCUT2D eigenvalue weighted by Gasteiger charge is -2.34. The number of alkyl halides is 3. The van der Waals surface area contributed by atoms with E-state index in [1.54, 1.807) is 0 Å². The van der Waals surface area contributed by atoms with Gasteiger partial charge in [0.1, 0.15) is 5.75 Å². The van der Waals surface area contributed by atoms with Crippen molar-refractivity contribution in [3.05, 3.63) is 23.8 Å². The highest BCUT2D eigenvalue weighted by Gasteiger charge is 2.36. The van der Waals surface area contributed by atoms with Gasteiger partial charge in [-0.1, -0.05) is 12.8 Å². The predicted octanol–water partition coefficient (Wildman–Crippen LogP) is 2.75. The van der Waals surface area contributed by atoms with Crippen LogP contribution in [0.4, 0.5) is 24.5 Å². The molecule has 1 heterocycles. The van der Waals surface area contributed by atoms with E-state index < -0.39 is 44.2 Å². The Kier molecular flexibility index (Phi) is 6.42. The van der Waals surface area contributed by atoms with Crippen molar-refractivity contribution in [3.8, 4) is 0 Å². The monoisotopic (exact) mass is 433 g/mol. The Morgan fingerprint density at radius 3 is 2.34 bits per heavy atom. The van der Waals surface area contributed by atoms with Crippen molar-refractivity contribution in [2.45, 2.75) is 37.1 Å². The highest BCUT2D eigenvalue weighted by atomic mass is 32.2. The van der Waals surface area contributed by atoms with Crippen molar-refractivity contribution in [1.29, 1.82) is 0 Å². The number of carbonyl (C=O) groups is 1. The van der Waals surface area contributed by atoms with Gasteiger partial charge >= 0.3 is 6.18 Å². The number of halogens is 3. The van der Waals surface area contributed by atoms with Crippen LogP contribution in [-0.2, 0) is 20.8 Å². The fourth-order valence-electron chi connectivity index (χ4n) is 3.87. The maximum absolute atomic E-state index is 13.6. The van der Waals surface area contributed by atoms with Crippen LogP contribution in [0, 0.1) is 0 Å². The molecule has 0 spiro atoms. The molecule has 1 saturated carbocycles. The molecule has 1 aliphatic carbocycles. The number of hydrogen-bond donors (Lipinski definition) is 1. The average Bonchev–Trinajstić information content (AvgIpc) is 3.17. The lowest BCUT2D eigenvalue weighted by atomic mass is 10.1. The molecule has 0 unspecified atom stereocenters.